The lowest BCUT2D eigenvalue weighted by Gasteiger charge is -2.13. The molecule has 2 nitrogen and oxygen atoms in total. The van der Waals surface area contributed by atoms with Crippen LogP contribution in [0.15, 0.2) is 48.6 Å². The molecule has 2 heteroatoms. The lowest BCUT2D eigenvalue weighted by molar-refractivity contribution is 0.0918. The van der Waals surface area contributed by atoms with E-state index in [1.54, 1.807) is 0 Å². The van der Waals surface area contributed by atoms with Crippen LogP contribution >= 0.6 is 0 Å². The number of ether oxygens (including phenoxy) is 1. The molecule has 0 amide bonds. The number of carbonyl (C=O) groups excluding carboxylic acids is 1. The summed E-state index contributed by atoms with van der Waals surface area (Å²) < 4.78 is 5.97. The van der Waals surface area contributed by atoms with Gasteiger partial charge in [0.1, 0.15) is 23.2 Å². The van der Waals surface area contributed by atoms with Crippen LogP contribution in [-0.2, 0) is 0 Å². The van der Waals surface area contributed by atoms with Crippen molar-refractivity contribution in [2.24, 2.45) is 11.3 Å². The fraction of sp³-hybridized carbons (Fsp3) is 0.250. The fourth-order valence-corrected chi connectivity index (χ4v) is 3.06. The Balaban J connectivity index is 1.76. The zero-order valence-corrected chi connectivity index (χ0v) is 10.1. The summed E-state index contributed by atoms with van der Waals surface area (Å²) in [5.74, 6) is 2.13. The Morgan fingerprint density at radius 2 is 1.94 bits per heavy atom. The maximum absolute atomic E-state index is 12.5. The summed E-state index contributed by atoms with van der Waals surface area (Å²) in [5, 5.41) is 0. The molecule has 1 aromatic rings. The summed E-state index contributed by atoms with van der Waals surface area (Å²) in [6.45, 7) is 2.06. The average molecular weight is 237 g/mol. The van der Waals surface area contributed by atoms with Crippen LogP contribution in [0, 0.1) is 17.3 Å². The number of rotatable bonds is 0. The molecular formula is C16H13O2+. The van der Waals surface area contributed by atoms with E-state index in [9.17, 15) is 4.79 Å². The predicted octanol–water partition coefficient (Wildman–Crippen LogP) is 2.97. The molecule has 2 atom stereocenters. The Labute approximate surface area is 106 Å². The van der Waals surface area contributed by atoms with Crippen molar-refractivity contribution in [2.75, 3.05) is 0 Å². The van der Waals surface area contributed by atoms with Gasteiger partial charge in [0, 0.05) is 37.1 Å². The molecule has 0 N–H and O–H groups in total. The SMILES string of the molecule is C[C+]1C=CC2(C=C1)[C@@H]1Oc3ccccc3C(=O)[C@@H]12. The van der Waals surface area contributed by atoms with E-state index in [1.165, 1.54) is 5.92 Å². The number of hydrogen-bond donors (Lipinski definition) is 0. The molecule has 1 spiro atoms. The molecule has 0 aromatic heterocycles. The number of Topliss-reactive ketones (excluding diaryl/α,β-unsaturated/α-hetero) is 1. The number of allylic oxidation sites excluding steroid dienone is 2. The Bertz CT molecular complexity index is 583. The first-order valence-electron chi connectivity index (χ1n) is 6.24. The molecule has 0 saturated heterocycles. The van der Waals surface area contributed by atoms with E-state index >= 15 is 0 Å². The van der Waals surface area contributed by atoms with Gasteiger partial charge in [0.15, 0.2) is 5.78 Å². The van der Waals surface area contributed by atoms with E-state index in [2.05, 4.69) is 31.2 Å². The lowest BCUT2D eigenvalue weighted by Crippen LogP contribution is -2.16. The Hall–Kier alpha value is -1.96. The third-order valence-corrected chi connectivity index (χ3v) is 4.18. The quantitative estimate of drug-likeness (QED) is 0.648. The van der Waals surface area contributed by atoms with Gasteiger partial charge in [-0.05, 0) is 12.1 Å². The summed E-state index contributed by atoms with van der Waals surface area (Å²) in [7, 11) is 0. The van der Waals surface area contributed by atoms with Crippen LogP contribution in [-0.4, -0.2) is 11.9 Å². The summed E-state index contributed by atoms with van der Waals surface area (Å²) in [5.41, 5.74) is 0.527. The molecule has 1 aromatic carbocycles. The van der Waals surface area contributed by atoms with Crippen LogP contribution in [0.25, 0.3) is 0 Å². The highest BCUT2D eigenvalue weighted by molar-refractivity contribution is 6.05. The van der Waals surface area contributed by atoms with E-state index in [1.807, 2.05) is 24.3 Å². The van der Waals surface area contributed by atoms with E-state index in [0.29, 0.717) is 0 Å². The molecule has 2 aliphatic carbocycles. The smallest absolute Gasteiger partial charge is 0.177 e. The van der Waals surface area contributed by atoms with E-state index in [0.717, 1.165) is 11.3 Å². The second-order valence-electron chi connectivity index (χ2n) is 5.29. The minimum Gasteiger partial charge on any atom is -0.485 e. The van der Waals surface area contributed by atoms with E-state index in [4.69, 9.17) is 4.74 Å². The van der Waals surface area contributed by atoms with Crippen molar-refractivity contribution >= 4 is 5.78 Å². The molecule has 4 rings (SSSR count). The minimum atomic E-state index is -0.199. The molecule has 1 saturated carbocycles. The topological polar surface area (TPSA) is 26.3 Å². The third-order valence-electron chi connectivity index (χ3n) is 4.18. The van der Waals surface area contributed by atoms with Gasteiger partial charge in [0.2, 0.25) is 0 Å². The van der Waals surface area contributed by atoms with Gasteiger partial charge in [-0.3, -0.25) is 4.79 Å². The Morgan fingerprint density at radius 1 is 1.22 bits per heavy atom. The number of benzene rings is 1. The minimum absolute atomic E-state index is 0.0134. The van der Waals surface area contributed by atoms with Gasteiger partial charge < -0.3 is 4.74 Å². The summed E-state index contributed by atoms with van der Waals surface area (Å²) in [6, 6.07) is 7.53. The average Bonchev–Trinajstić information content (AvgIpc) is 3.01. The van der Waals surface area contributed by atoms with Crippen molar-refractivity contribution in [1.82, 2.24) is 0 Å². The monoisotopic (exact) mass is 237 g/mol. The second kappa shape index (κ2) is 3.08. The van der Waals surface area contributed by atoms with Crippen LogP contribution in [0.4, 0.5) is 0 Å². The summed E-state index contributed by atoms with van der Waals surface area (Å²) in [6.07, 6.45) is 8.41. The van der Waals surface area contributed by atoms with Gasteiger partial charge in [-0.2, -0.15) is 0 Å². The molecular weight excluding hydrogens is 224 g/mol. The van der Waals surface area contributed by atoms with Crippen LogP contribution in [0.3, 0.4) is 0 Å². The van der Waals surface area contributed by atoms with Crippen molar-refractivity contribution in [2.45, 2.75) is 13.0 Å². The number of hydrogen-bond acceptors (Lipinski definition) is 2. The molecule has 0 unspecified atom stereocenters. The molecule has 3 aliphatic rings. The van der Waals surface area contributed by atoms with Crippen molar-refractivity contribution in [3.8, 4) is 5.75 Å². The number of ketones is 1. The molecule has 1 aliphatic heterocycles. The van der Waals surface area contributed by atoms with Crippen molar-refractivity contribution in [1.29, 1.82) is 0 Å². The van der Waals surface area contributed by atoms with Crippen LogP contribution < -0.4 is 4.74 Å². The molecule has 88 valence electrons. The first-order valence-corrected chi connectivity index (χ1v) is 6.24. The third kappa shape index (κ3) is 1.08. The molecule has 0 bridgehead atoms. The van der Waals surface area contributed by atoms with E-state index in [-0.39, 0.29) is 23.2 Å². The Kier molecular flexibility index (Phi) is 1.71. The first-order chi connectivity index (χ1) is 8.72. The summed E-state index contributed by atoms with van der Waals surface area (Å²) >= 11 is 0. The van der Waals surface area contributed by atoms with Gasteiger partial charge in [0.05, 0.1) is 5.56 Å². The standard InChI is InChI=1S/C16H13O2/c1-10-6-8-16(9-7-10)13-14(17)11-4-2-3-5-12(11)18-15(13)16/h2-9,13,15H,1H3/q+1/t13-,15+/m0/s1. The lowest BCUT2D eigenvalue weighted by atomic mass is 9.91. The normalized spacial score (nSPS) is 29.8. The van der Waals surface area contributed by atoms with Crippen molar-refractivity contribution < 1.29 is 9.53 Å². The van der Waals surface area contributed by atoms with Crippen molar-refractivity contribution in [3.05, 3.63) is 60.1 Å². The summed E-state index contributed by atoms with van der Waals surface area (Å²) in [4.78, 5) is 12.5. The fourth-order valence-electron chi connectivity index (χ4n) is 3.06. The highest BCUT2D eigenvalue weighted by Gasteiger charge is 2.74. The van der Waals surface area contributed by atoms with Crippen LogP contribution in [0.1, 0.15) is 17.3 Å². The molecule has 1 fully saturated rings. The van der Waals surface area contributed by atoms with Gasteiger partial charge in [-0.15, -0.1) is 0 Å². The molecule has 18 heavy (non-hydrogen) atoms. The van der Waals surface area contributed by atoms with Gasteiger partial charge in [-0.1, -0.05) is 12.1 Å². The largest absolute Gasteiger partial charge is 0.485 e. The number of carbonyl (C=O) groups is 1. The zero-order chi connectivity index (χ0) is 12.3. The maximum atomic E-state index is 12.5. The van der Waals surface area contributed by atoms with Crippen LogP contribution in [0.2, 0.25) is 0 Å². The molecule has 1 heterocycles. The second-order valence-corrected chi connectivity index (χ2v) is 5.29. The van der Waals surface area contributed by atoms with E-state index < -0.39 is 0 Å². The number of para-hydroxylation sites is 1. The molecule has 0 radical (unpaired) electrons. The van der Waals surface area contributed by atoms with Gasteiger partial charge in [-0.25, -0.2) is 0 Å². The zero-order valence-electron chi connectivity index (χ0n) is 10.1. The van der Waals surface area contributed by atoms with Crippen LogP contribution in [0.5, 0.6) is 5.75 Å². The van der Waals surface area contributed by atoms with Crippen molar-refractivity contribution in [3.63, 3.8) is 0 Å². The van der Waals surface area contributed by atoms with Gasteiger partial charge in [0.25, 0.3) is 0 Å². The highest BCUT2D eigenvalue weighted by Crippen LogP contribution is 2.62. The maximum Gasteiger partial charge on any atom is 0.177 e. The Morgan fingerprint density at radius 3 is 2.72 bits per heavy atom. The number of fused-ring (bicyclic) bond motifs is 4. The first kappa shape index (κ1) is 10.0. The van der Waals surface area contributed by atoms with Gasteiger partial charge >= 0.3 is 0 Å². The predicted molar refractivity (Wildman–Crippen MR) is 68.3 cm³/mol. The highest BCUT2D eigenvalue weighted by atomic mass is 16.5.